The Morgan fingerprint density at radius 2 is 1.96 bits per heavy atom. The number of esters is 1. The van der Waals surface area contributed by atoms with E-state index in [1.165, 1.54) is 25.3 Å². The maximum absolute atomic E-state index is 12.6. The lowest BCUT2D eigenvalue weighted by Gasteiger charge is -2.10. The van der Waals surface area contributed by atoms with Crippen molar-refractivity contribution in [1.82, 2.24) is 9.97 Å². The molecular weight excluding hydrogens is 372 g/mol. The molecule has 1 amide bonds. The van der Waals surface area contributed by atoms with Crippen LogP contribution in [-0.2, 0) is 9.47 Å². The number of hydrogen-bond donors (Lipinski definition) is 2. The Labute approximate surface area is 162 Å². The van der Waals surface area contributed by atoms with E-state index >= 15 is 0 Å². The number of aromatic nitrogens is 2. The Kier molecular flexibility index (Phi) is 7.51. The first-order valence-electron chi connectivity index (χ1n) is 8.22. The summed E-state index contributed by atoms with van der Waals surface area (Å²) in [6.07, 6.45) is 0.783. The van der Waals surface area contributed by atoms with Gasteiger partial charge in [0, 0.05) is 26.0 Å². The second-order valence-electron chi connectivity index (χ2n) is 5.63. The summed E-state index contributed by atoms with van der Waals surface area (Å²) in [5.41, 5.74) is 1.38. The van der Waals surface area contributed by atoms with E-state index in [9.17, 15) is 9.59 Å². The highest BCUT2D eigenvalue weighted by Gasteiger charge is 2.15. The van der Waals surface area contributed by atoms with Crippen molar-refractivity contribution in [2.24, 2.45) is 0 Å². The van der Waals surface area contributed by atoms with Crippen LogP contribution in [0, 0.1) is 6.92 Å². The zero-order valence-corrected chi connectivity index (χ0v) is 16.1. The Hall–Kier alpha value is -2.71. The number of benzene rings is 1. The summed E-state index contributed by atoms with van der Waals surface area (Å²) in [5.74, 6) is -0.641. The van der Waals surface area contributed by atoms with Crippen molar-refractivity contribution in [2.75, 3.05) is 38.0 Å². The number of anilines is 2. The highest BCUT2D eigenvalue weighted by atomic mass is 35.5. The minimum atomic E-state index is -0.525. The average molecular weight is 393 g/mol. The van der Waals surface area contributed by atoms with E-state index in [0.717, 1.165) is 6.42 Å². The van der Waals surface area contributed by atoms with Crippen LogP contribution in [0.3, 0.4) is 0 Å². The fourth-order valence-corrected chi connectivity index (χ4v) is 2.40. The van der Waals surface area contributed by atoms with Crippen molar-refractivity contribution < 1.29 is 19.1 Å². The molecule has 0 saturated carbocycles. The summed E-state index contributed by atoms with van der Waals surface area (Å²) in [6.45, 7) is 3.00. The maximum Gasteiger partial charge on any atom is 0.337 e. The molecule has 27 heavy (non-hydrogen) atoms. The third-order valence-corrected chi connectivity index (χ3v) is 3.86. The Bertz CT molecular complexity index is 829. The van der Waals surface area contributed by atoms with Crippen molar-refractivity contribution in [3.63, 3.8) is 0 Å². The zero-order valence-electron chi connectivity index (χ0n) is 15.3. The third kappa shape index (κ3) is 5.90. The van der Waals surface area contributed by atoms with Crippen LogP contribution in [0.1, 0.15) is 33.0 Å². The first kappa shape index (κ1) is 20.6. The highest BCUT2D eigenvalue weighted by Crippen LogP contribution is 2.24. The van der Waals surface area contributed by atoms with Gasteiger partial charge in [-0.25, -0.2) is 14.8 Å². The molecule has 144 valence electrons. The number of ether oxygens (including phenoxy) is 2. The number of carbonyl (C=O) groups excluding carboxylic acids is 2. The molecule has 0 aliphatic carbocycles. The number of halogens is 1. The topological polar surface area (TPSA) is 102 Å². The fourth-order valence-electron chi connectivity index (χ4n) is 2.23. The van der Waals surface area contributed by atoms with Crippen molar-refractivity contribution in [1.29, 1.82) is 0 Å². The molecule has 1 aromatic heterocycles. The molecule has 0 saturated heterocycles. The summed E-state index contributed by atoms with van der Waals surface area (Å²) in [7, 11) is 2.91. The predicted molar refractivity (Wildman–Crippen MR) is 102 cm³/mol. The largest absolute Gasteiger partial charge is 0.465 e. The lowest BCUT2D eigenvalue weighted by molar-refractivity contribution is 0.0600. The molecule has 0 aliphatic rings. The SMILES string of the molecule is COCCCNc1nc(C)cc(C(=O)Nc2cc(C(=O)OC)ccc2Cl)n1. The molecule has 0 radical (unpaired) electrons. The summed E-state index contributed by atoms with van der Waals surface area (Å²) in [4.78, 5) is 32.7. The molecule has 8 nitrogen and oxygen atoms in total. The number of rotatable bonds is 8. The maximum atomic E-state index is 12.6. The molecular formula is C18H21ClN4O4. The standard InChI is InChI=1S/C18H21ClN4O4/c1-11-9-15(23-18(21-11)20-7-4-8-26-2)16(24)22-14-10-12(17(25)27-3)5-6-13(14)19/h5-6,9-10H,4,7-8H2,1-3H3,(H,22,24)(H,20,21,23). The van der Waals surface area contributed by atoms with E-state index in [1.54, 1.807) is 20.1 Å². The molecule has 0 atom stereocenters. The van der Waals surface area contributed by atoms with E-state index in [-0.39, 0.29) is 16.9 Å². The lowest BCUT2D eigenvalue weighted by atomic mass is 10.2. The van der Waals surface area contributed by atoms with Crippen molar-refractivity contribution >= 4 is 35.1 Å². The second-order valence-corrected chi connectivity index (χ2v) is 6.04. The van der Waals surface area contributed by atoms with Crippen LogP contribution in [-0.4, -0.2) is 49.2 Å². The van der Waals surface area contributed by atoms with Crippen LogP contribution >= 0.6 is 11.6 Å². The molecule has 0 spiro atoms. The first-order chi connectivity index (χ1) is 12.9. The summed E-state index contributed by atoms with van der Waals surface area (Å²) < 4.78 is 9.66. The van der Waals surface area contributed by atoms with Gasteiger partial charge in [-0.2, -0.15) is 0 Å². The normalized spacial score (nSPS) is 10.4. The molecule has 1 aromatic carbocycles. The zero-order chi connectivity index (χ0) is 19.8. The molecule has 2 N–H and O–H groups in total. The molecule has 1 heterocycles. The van der Waals surface area contributed by atoms with Gasteiger partial charge in [0.05, 0.1) is 23.4 Å². The van der Waals surface area contributed by atoms with Crippen LogP contribution < -0.4 is 10.6 Å². The van der Waals surface area contributed by atoms with Gasteiger partial charge in [-0.05, 0) is 37.6 Å². The number of hydrogen-bond acceptors (Lipinski definition) is 7. The number of amides is 1. The fraction of sp³-hybridized carbons (Fsp3) is 0.333. The van der Waals surface area contributed by atoms with Crippen LogP contribution in [0.15, 0.2) is 24.3 Å². The Morgan fingerprint density at radius 3 is 2.67 bits per heavy atom. The Morgan fingerprint density at radius 1 is 1.19 bits per heavy atom. The number of carbonyl (C=O) groups is 2. The molecule has 0 fully saturated rings. The van der Waals surface area contributed by atoms with Crippen molar-refractivity contribution in [2.45, 2.75) is 13.3 Å². The molecule has 9 heteroatoms. The first-order valence-corrected chi connectivity index (χ1v) is 8.60. The molecule has 0 aliphatic heterocycles. The summed E-state index contributed by atoms with van der Waals surface area (Å²) >= 11 is 6.11. The van der Waals surface area contributed by atoms with Crippen LogP contribution in [0.2, 0.25) is 5.02 Å². The van der Waals surface area contributed by atoms with E-state index in [0.29, 0.717) is 29.8 Å². The van der Waals surface area contributed by atoms with Crippen molar-refractivity contribution in [3.05, 3.63) is 46.2 Å². The number of methoxy groups -OCH3 is 2. The van der Waals surface area contributed by atoms with Crippen LogP contribution in [0.25, 0.3) is 0 Å². The number of nitrogens with one attached hydrogen (secondary N) is 2. The number of nitrogens with zero attached hydrogens (tertiary/aromatic N) is 2. The minimum Gasteiger partial charge on any atom is -0.465 e. The second kappa shape index (κ2) is 9.84. The molecule has 2 aromatic rings. The van der Waals surface area contributed by atoms with Gasteiger partial charge in [-0.1, -0.05) is 11.6 Å². The third-order valence-electron chi connectivity index (χ3n) is 3.53. The van der Waals surface area contributed by atoms with E-state index < -0.39 is 11.9 Å². The van der Waals surface area contributed by atoms with Gasteiger partial charge >= 0.3 is 5.97 Å². The Balaban J connectivity index is 2.16. The molecule has 2 rings (SSSR count). The van der Waals surface area contributed by atoms with Gasteiger partial charge in [0.1, 0.15) is 5.69 Å². The van der Waals surface area contributed by atoms with Gasteiger partial charge in [0.15, 0.2) is 0 Å². The molecule has 0 bridgehead atoms. The quantitative estimate of drug-likeness (QED) is 0.526. The van der Waals surface area contributed by atoms with E-state index in [1.807, 2.05) is 0 Å². The van der Waals surface area contributed by atoms with Gasteiger partial charge in [-0.3, -0.25) is 4.79 Å². The summed E-state index contributed by atoms with van der Waals surface area (Å²) in [5, 5.41) is 6.00. The number of aryl methyl sites for hydroxylation is 1. The smallest absolute Gasteiger partial charge is 0.337 e. The highest BCUT2D eigenvalue weighted by molar-refractivity contribution is 6.34. The average Bonchev–Trinajstić information content (AvgIpc) is 2.66. The van der Waals surface area contributed by atoms with Gasteiger partial charge in [-0.15, -0.1) is 0 Å². The van der Waals surface area contributed by atoms with Crippen molar-refractivity contribution in [3.8, 4) is 0 Å². The van der Waals surface area contributed by atoms with Crippen LogP contribution in [0.5, 0.6) is 0 Å². The van der Waals surface area contributed by atoms with E-state index in [2.05, 4.69) is 25.3 Å². The predicted octanol–water partition coefficient (Wildman–Crippen LogP) is 2.93. The van der Waals surface area contributed by atoms with Crippen LogP contribution in [0.4, 0.5) is 11.6 Å². The summed E-state index contributed by atoms with van der Waals surface area (Å²) in [6, 6.07) is 6.04. The van der Waals surface area contributed by atoms with Gasteiger partial charge < -0.3 is 20.1 Å². The molecule has 0 unspecified atom stereocenters. The van der Waals surface area contributed by atoms with E-state index in [4.69, 9.17) is 16.3 Å². The lowest BCUT2D eigenvalue weighted by Crippen LogP contribution is -2.17. The minimum absolute atomic E-state index is 0.177. The van der Waals surface area contributed by atoms with Gasteiger partial charge in [0.2, 0.25) is 5.95 Å². The monoisotopic (exact) mass is 392 g/mol. The van der Waals surface area contributed by atoms with Gasteiger partial charge in [0.25, 0.3) is 5.91 Å².